The van der Waals surface area contributed by atoms with Crippen LogP contribution in [-0.4, -0.2) is 17.0 Å². The lowest BCUT2D eigenvalue weighted by atomic mass is 10.1. The first-order chi connectivity index (χ1) is 10.6. The highest BCUT2D eigenvalue weighted by Crippen LogP contribution is 2.25. The minimum atomic E-state index is -0.404. The van der Waals surface area contributed by atoms with Gasteiger partial charge in [0.1, 0.15) is 0 Å². The van der Waals surface area contributed by atoms with Gasteiger partial charge in [-0.15, -0.1) is 0 Å². The number of pyridine rings is 1. The van der Waals surface area contributed by atoms with Crippen molar-refractivity contribution >= 4 is 22.3 Å². The van der Waals surface area contributed by atoms with Crippen LogP contribution in [0.15, 0.2) is 60.8 Å². The quantitative estimate of drug-likeness (QED) is 0.542. The zero-order valence-corrected chi connectivity index (χ0v) is 12.1. The fourth-order valence-corrected chi connectivity index (χ4v) is 2.51. The Morgan fingerprint density at radius 3 is 2.64 bits per heavy atom. The van der Waals surface area contributed by atoms with Gasteiger partial charge in [-0.05, 0) is 28.5 Å². The van der Waals surface area contributed by atoms with Crippen molar-refractivity contribution in [3.8, 4) is 0 Å². The minimum absolute atomic E-state index is 0.0192. The Kier molecular flexibility index (Phi) is 3.70. The molecule has 22 heavy (non-hydrogen) atoms. The third kappa shape index (κ3) is 2.74. The highest BCUT2D eigenvalue weighted by molar-refractivity contribution is 5.83. The van der Waals surface area contributed by atoms with Gasteiger partial charge in [0.15, 0.2) is 0 Å². The smallest absolute Gasteiger partial charge is 0.311 e. The predicted octanol–water partition coefficient (Wildman–Crippen LogP) is 3.78. The van der Waals surface area contributed by atoms with Crippen LogP contribution in [0.4, 0.5) is 11.5 Å². The van der Waals surface area contributed by atoms with Crippen molar-refractivity contribution in [3.63, 3.8) is 0 Å². The summed E-state index contributed by atoms with van der Waals surface area (Å²) in [6.07, 6.45) is 1.57. The molecule has 0 bridgehead atoms. The molecule has 3 aromatic rings. The summed E-state index contributed by atoms with van der Waals surface area (Å²) in [7, 11) is 1.81. The van der Waals surface area contributed by atoms with Crippen LogP contribution in [-0.2, 0) is 6.54 Å². The van der Waals surface area contributed by atoms with Gasteiger partial charge < -0.3 is 4.90 Å². The van der Waals surface area contributed by atoms with Crippen LogP contribution in [0, 0.1) is 10.1 Å². The lowest BCUT2D eigenvalue weighted by Crippen LogP contribution is -2.18. The lowest BCUT2D eigenvalue weighted by molar-refractivity contribution is -0.384. The molecule has 110 valence electrons. The molecule has 2 aromatic carbocycles. The SMILES string of the molecule is CN(Cc1ccc2ccccc2c1)c1ncccc1[N+](=O)[O-]. The summed E-state index contributed by atoms with van der Waals surface area (Å²) < 4.78 is 0. The second-order valence-electron chi connectivity index (χ2n) is 5.14. The highest BCUT2D eigenvalue weighted by Gasteiger charge is 2.17. The first kappa shape index (κ1) is 14.0. The van der Waals surface area contributed by atoms with E-state index in [-0.39, 0.29) is 5.69 Å². The van der Waals surface area contributed by atoms with Crippen LogP contribution < -0.4 is 4.90 Å². The molecule has 1 aromatic heterocycles. The third-order valence-electron chi connectivity index (χ3n) is 3.56. The van der Waals surface area contributed by atoms with Gasteiger partial charge in [-0.25, -0.2) is 4.98 Å². The van der Waals surface area contributed by atoms with Crippen LogP contribution in [0.2, 0.25) is 0 Å². The zero-order valence-electron chi connectivity index (χ0n) is 12.1. The Bertz CT molecular complexity index is 833. The number of nitrogens with zero attached hydrogens (tertiary/aromatic N) is 3. The Labute approximate surface area is 128 Å². The maximum absolute atomic E-state index is 11.1. The maximum Gasteiger partial charge on any atom is 0.311 e. The van der Waals surface area contributed by atoms with Crippen molar-refractivity contribution in [3.05, 3.63) is 76.5 Å². The van der Waals surface area contributed by atoms with Crippen LogP contribution in [0.1, 0.15) is 5.56 Å². The molecule has 5 nitrogen and oxygen atoms in total. The minimum Gasteiger partial charge on any atom is -0.350 e. The van der Waals surface area contributed by atoms with Crippen molar-refractivity contribution < 1.29 is 4.92 Å². The van der Waals surface area contributed by atoms with Crippen LogP contribution >= 0.6 is 0 Å². The second kappa shape index (κ2) is 5.81. The lowest BCUT2D eigenvalue weighted by Gasteiger charge is -2.18. The molecule has 0 radical (unpaired) electrons. The summed E-state index contributed by atoms with van der Waals surface area (Å²) in [4.78, 5) is 16.6. The Balaban J connectivity index is 1.90. The fourth-order valence-electron chi connectivity index (χ4n) is 2.51. The summed E-state index contributed by atoms with van der Waals surface area (Å²) in [5.41, 5.74) is 1.10. The van der Waals surface area contributed by atoms with Crippen LogP contribution in [0.25, 0.3) is 10.8 Å². The Morgan fingerprint density at radius 1 is 1.09 bits per heavy atom. The first-order valence-electron chi connectivity index (χ1n) is 6.93. The molecule has 0 saturated carbocycles. The summed E-state index contributed by atoms with van der Waals surface area (Å²) in [5.74, 6) is 0.376. The first-order valence-corrected chi connectivity index (χ1v) is 6.93. The number of hydrogen-bond acceptors (Lipinski definition) is 4. The molecule has 0 saturated heterocycles. The van der Waals surface area contributed by atoms with Crippen LogP contribution in [0.3, 0.4) is 0 Å². The van der Waals surface area contributed by atoms with E-state index in [4.69, 9.17) is 0 Å². The number of benzene rings is 2. The van der Waals surface area contributed by atoms with Crippen molar-refractivity contribution in [2.24, 2.45) is 0 Å². The highest BCUT2D eigenvalue weighted by atomic mass is 16.6. The largest absolute Gasteiger partial charge is 0.350 e. The van der Waals surface area contributed by atoms with Crippen molar-refractivity contribution in [1.29, 1.82) is 0 Å². The number of anilines is 1. The molecule has 0 fully saturated rings. The molecule has 0 N–H and O–H groups in total. The average molecular weight is 293 g/mol. The van der Waals surface area contributed by atoms with E-state index in [0.717, 1.165) is 10.9 Å². The third-order valence-corrected chi connectivity index (χ3v) is 3.56. The van der Waals surface area contributed by atoms with E-state index < -0.39 is 4.92 Å². The monoisotopic (exact) mass is 293 g/mol. The zero-order chi connectivity index (χ0) is 15.5. The molecule has 3 rings (SSSR count). The summed E-state index contributed by atoms with van der Waals surface area (Å²) >= 11 is 0. The van der Waals surface area contributed by atoms with Crippen LogP contribution in [0.5, 0.6) is 0 Å². The molecule has 0 aliphatic heterocycles. The summed E-state index contributed by atoms with van der Waals surface area (Å²) in [6.45, 7) is 0.558. The van der Waals surface area contributed by atoms with E-state index in [1.165, 1.54) is 11.5 Å². The van der Waals surface area contributed by atoms with E-state index in [1.807, 2.05) is 25.2 Å². The van der Waals surface area contributed by atoms with E-state index in [9.17, 15) is 10.1 Å². The molecule has 0 unspecified atom stereocenters. The van der Waals surface area contributed by atoms with Gasteiger partial charge in [0.05, 0.1) is 4.92 Å². The topological polar surface area (TPSA) is 59.3 Å². The van der Waals surface area contributed by atoms with E-state index >= 15 is 0 Å². The Hall–Kier alpha value is -2.95. The maximum atomic E-state index is 11.1. The second-order valence-corrected chi connectivity index (χ2v) is 5.14. The molecule has 1 heterocycles. The number of aromatic nitrogens is 1. The van der Waals surface area contributed by atoms with Crippen molar-refractivity contribution in [2.45, 2.75) is 6.54 Å². The molecule has 5 heteroatoms. The molecule has 0 atom stereocenters. The fraction of sp³-hybridized carbons (Fsp3) is 0.118. The Morgan fingerprint density at radius 2 is 1.86 bits per heavy atom. The summed E-state index contributed by atoms with van der Waals surface area (Å²) in [6, 6.07) is 17.4. The summed E-state index contributed by atoms with van der Waals surface area (Å²) in [5, 5.41) is 13.4. The van der Waals surface area contributed by atoms with Crippen molar-refractivity contribution in [2.75, 3.05) is 11.9 Å². The molecule has 0 amide bonds. The number of rotatable bonds is 4. The average Bonchev–Trinajstić information content (AvgIpc) is 2.54. The van der Waals surface area contributed by atoms with Gasteiger partial charge in [0.25, 0.3) is 0 Å². The van der Waals surface area contributed by atoms with E-state index in [0.29, 0.717) is 12.4 Å². The van der Waals surface area contributed by atoms with Gasteiger partial charge in [-0.2, -0.15) is 0 Å². The van der Waals surface area contributed by atoms with Gasteiger partial charge in [0.2, 0.25) is 5.82 Å². The predicted molar refractivity (Wildman–Crippen MR) is 86.9 cm³/mol. The van der Waals surface area contributed by atoms with Gasteiger partial charge in [-0.1, -0.05) is 36.4 Å². The van der Waals surface area contributed by atoms with Crippen molar-refractivity contribution in [1.82, 2.24) is 4.98 Å². The molecular weight excluding hydrogens is 278 g/mol. The number of nitro groups is 1. The molecule has 0 aliphatic carbocycles. The van der Waals surface area contributed by atoms with Gasteiger partial charge >= 0.3 is 5.69 Å². The van der Waals surface area contributed by atoms with Gasteiger partial charge in [-0.3, -0.25) is 10.1 Å². The number of hydrogen-bond donors (Lipinski definition) is 0. The van der Waals surface area contributed by atoms with Gasteiger partial charge in [0, 0.05) is 25.9 Å². The van der Waals surface area contributed by atoms with E-state index in [1.54, 1.807) is 17.2 Å². The standard InChI is InChI=1S/C17H15N3O2/c1-19(17-16(20(21)22)7-4-10-18-17)12-13-8-9-14-5-2-3-6-15(14)11-13/h2-11H,12H2,1H3. The number of fused-ring (bicyclic) bond motifs is 1. The van der Waals surface area contributed by atoms with E-state index in [2.05, 4.69) is 29.2 Å². The molecule has 0 spiro atoms. The normalized spacial score (nSPS) is 10.6. The molecular formula is C17H15N3O2. The molecule has 0 aliphatic rings.